The Hall–Kier alpha value is -1.62. The zero-order chi connectivity index (χ0) is 12.4. The fourth-order valence-corrected chi connectivity index (χ4v) is 1.76. The van der Waals surface area contributed by atoms with Gasteiger partial charge < -0.3 is 0 Å². The van der Waals surface area contributed by atoms with Gasteiger partial charge >= 0.3 is 0 Å². The fourth-order valence-electron chi connectivity index (χ4n) is 1.54. The van der Waals surface area contributed by atoms with Gasteiger partial charge in [0.25, 0.3) is 0 Å². The Morgan fingerprint density at radius 2 is 2.00 bits per heavy atom. The number of thiol groups is 1. The third-order valence-electron chi connectivity index (χ3n) is 2.40. The summed E-state index contributed by atoms with van der Waals surface area (Å²) >= 11 is 4.05. The normalized spacial score (nSPS) is 10.5. The number of aromatic nitrogens is 2. The van der Waals surface area contributed by atoms with Gasteiger partial charge in [-0.05, 0) is 31.2 Å². The van der Waals surface area contributed by atoms with E-state index in [1.165, 1.54) is 18.2 Å². The molecule has 1 aromatic heterocycles. The molecular formula is C12H11FN2OS. The molecular weight excluding hydrogens is 239 g/mol. The molecule has 0 fully saturated rings. The number of halogens is 1. The molecule has 2 rings (SSSR count). The lowest BCUT2D eigenvalue weighted by atomic mass is 10.3. The van der Waals surface area contributed by atoms with Crippen LogP contribution in [0.4, 0.5) is 4.39 Å². The predicted octanol–water partition coefficient (Wildman–Crippen LogP) is 2.11. The van der Waals surface area contributed by atoms with Gasteiger partial charge in [-0.1, -0.05) is 0 Å². The van der Waals surface area contributed by atoms with Crippen LogP contribution in [0.15, 0.2) is 35.1 Å². The summed E-state index contributed by atoms with van der Waals surface area (Å²) in [5, 5.41) is 4.20. The van der Waals surface area contributed by atoms with Gasteiger partial charge in [0, 0.05) is 17.5 Å². The summed E-state index contributed by atoms with van der Waals surface area (Å²) in [6.45, 7) is 1.78. The molecule has 3 nitrogen and oxygen atoms in total. The number of hydrogen-bond donors (Lipinski definition) is 1. The monoisotopic (exact) mass is 250 g/mol. The van der Waals surface area contributed by atoms with Crippen LogP contribution in [0.5, 0.6) is 0 Å². The van der Waals surface area contributed by atoms with E-state index >= 15 is 0 Å². The standard InChI is InChI=1S/C12H11FN2OS/c1-8-6-12(16)11(7-17)14-15(8)10-4-2-9(13)3-5-10/h2-6,17H,7H2,1H3. The van der Waals surface area contributed by atoms with Crippen LogP contribution in [0.2, 0.25) is 0 Å². The Balaban J connectivity index is 2.59. The van der Waals surface area contributed by atoms with E-state index in [0.717, 1.165) is 0 Å². The second-order valence-corrected chi connectivity index (χ2v) is 3.96. The largest absolute Gasteiger partial charge is 0.288 e. The van der Waals surface area contributed by atoms with Gasteiger partial charge in [0.05, 0.1) is 5.69 Å². The molecule has 0 N–H and O–H groups in total. The minimum absolute atomic E-state index is 0.129. The Labute approximate surface area is 103 Å². The number of rotatable bonds is 2. The molecule has 88 valence electrons. The van der Waals surface area contributed by atoms with Crippen LogP contribution in [-0.4, -0.2) is 9.78 Å². The Kier molecular flexibility index (Phi) is 3.28. The third-order valence-corrected chi connectivity index (χ3v) is 2.70. The summed E-state index contributed by atoms with van der Waals surface area (Å²) in [6.07, 6.45) is 0. The highest BCUT2D eigenvalue weighted by Crippen LogP contribution is 2.10. The molecule has 5 heteroatoms. The molecule has 0 saturated heterocycles. The number of hydrogen-bond acceptors (Lipinski definition) is 3. The lowest BCUT2D eigenvalue weighted by molar-refractivity contribution is 0.626. The highest BCUT2D eigenvalue weighted by atomic mass is 32.1. The van der Waals surface area contributed by atoms with E-state index in [1.807, 2.05) is 0 Å². The van der Waals surface area contributed by atoms with Gasteiger partial charge in [-0.2, -0.15) is 17.7 Å². The van der Waals surface area contributed by atoms with Crippen molar-refractivity contribution in [3.8, 4) is 5.69 Å². The van der Waals surface area contributed by atoms with E-state index < -0.39 is 0 Å². The molecule has 17 heavy (non-hydrogen) atoms. The molecule has 0 saturated carbocycles. The van der Waals surface area contributed by atoms with E-state index in [-0.39, 0.29) is 17.0 Å². The van der Waals surface area contributed by atoms with Crippen LogP contribution in [0, 0.1) is 12.7 Å². The Morgan fingerprint density at radius 1 is 1.35 bits per heavy atom. The van der Waals surface area contributed by atoms with Crippen molar-refractivity contribution in [3.05, 3.63) is 57.8 Å². The molecule has 0 bridgehead atoms. The zero-order valence-corrected chi connectivity index (χ0v) is 10.1. The van der Waals surface area contributed by atoms with Crippen LogP contribution in [0.25, 0.3) is 5.69 Å². The lowest BCUT2D eigenvalue weighted by Gasteiger charge is -2.10. The van der Waals surface area contributed by atoms with Crippen molar-refractivity contribution >= 4 is 12.6 Å². The van der Waals surface area contributed by atoms with Crippen molar-refractivity contribution in [3.63, 3.8) is 0 Å². The minimum Gasteiger partial charge on any atom is -0.288 e. The first-order chi connectivity index (χ1) is 8.11. The van der Waals surface area contributed by atoms with E-state index in [1.54, 1.807) is 23.7 Å². The molecule has 0 radical (unpaired) electrons. The first-order valence-electron chi connectivity index (χ1n) is 5.08. The molecule has 0 amide bonds. The maximum absolute atomic E-state index is 12.8. The van der Waals surface area contributed by atoms with Crippen molar-refractivity contribution in [2.24, 2.45) is 0 Å². The van der Waals surface area contributed by atoms with Gasteiger partial charge in [-0.15, -0.1) is 0 Å². The van der Waals surface area contributed by atoms with Gasteiger partial charge in [0.15, 0.2) is 0 Å². The predicted molar refractivity (Wildman–Crippen MR) is 67.2 cm³/mol. The minimum atomic E-state index is -0.304. The van der Waals surface area contributed by atoms with E-state index in [9.17, 15) is 9.18 Å². The molecule has 0 unspecified atom stereocenters. The molecule has 0 aliphatic heterocycles. The molecule has 1 aromatic carbocycles. The van der Waals surface area contributed by atoms with Gasteiger partial charge in [0.2, 0.25) is 5.43 Å². The second kappa shape index (κ2) is 4.71. The van der Waals surface area contributed by atoms with Crippen molar-refractivity contribution in [1.82, 2.24) is 9.78 Å². The molecule has 0 atom stereocenters. The summed E-state index contributed by atoms with van der Waals surface area (Å²) in [6, 6.07) is 7.44. The average molecular weight is 250 g/mol. The van der Waals surface area contributed by atoms with Crippen LogP contribution in [0.1, 0.15) is 11.4 Å². The Bertz CT molecular complexity index is 592. The van der Waals surface area contributed by atoms with Crippen LogP contribution in [0.3, 0.4) is 0 Å². The summed E-state index contributed by atoms with van der Waals surface area (Å²) in [5.74, 6) is -0.0257. The average Bonchev–Trinajstić information content (AvgIpc) is 2.31. The molecule has 0 aliphatic rings. The summed E-state index contributed by atoms with van der Waals surface area (Å²) in [5.41, 5.74) is 1.66. The van der Waals surface area contributed by atoms with E-state index in [0.29, 0.717) is 17.1 Å². The number of aryl methyl sites for hydroxylation is 1. The maximum atomic E-state index is 12.8. The van der Waals surface area contributed by atoms with Gasteiger partial charge in [-0.25, -0.2) is 9.07 Å². The van der Waals surface area contributed by atoms with Crippen LogP contribution < -0.4 is 5.43 Å². The van der Waals surface area contributed by atoms with Crippen molar-refractivity contribution < 1.29 is 4.39 Å². The van der Waals surface area contributed by atoms with Crippen LogP contribution >= 0.6 is 12.6 Å². The van der Waals surface area contributed by atoms with Crippen LogP contribution in [-0.2, 0) is 5.75 Å². The molecule has 2 aromatic rings. The van der Waals surface area contributed by atoms with Crippen molar-refractivity contribution in [1.29, 1.82) is 0 Å². The molecule has 1 heterocycles. The van der Waals surface area contributed by atoms with Crippen molar-refractivity contribution in [2.75, 3.05) is 0 Å². The lowest BCUT2D eigenvalue weighted by Crippen LogP contribution is -2.17. The smallest absolute Gasteiger partial charge is 0.204 e. The second-order valence-electron chi connectivity index (χ2n) is 3.64. The van der Waals surface area contributed by atoms with E-state index in [2.05, 4.69) is 17.7 Å². The summed E-state index contributed by atoms with van der Waals surface area (Å²) in [7, 11) is 0. The van der Waals surface area contributed by atoms with Gasteiger partial charge in [-0.3, -0.25) is 4.79 Å². The molecule has 0 spiro atoms. The maximum Gasteiger partial charge on any atom is 0.204 e. The topological polar surface area (TPSA) is 34.9 Å². The first-order valence-corrected chi connectivity index (χ1v) is 5.71. The molecule has 0 aliphatic carbocycles. The number of benzene rings is 1. The van der Waals surface area contributed by atoms with Gasteiger partial charge in [0.1, 0.15) is 11.5 Å². The third kappa shape index (κ3) is 2.39. The zero-order valence-electron chi connectivity index (χ0n) is 9.22. The summed E-state index contributed by atoms with van der Waals surface area (Å²) < 4.78 is 14.4. The van der Waals surface area contributed by atoms with Crippen molar-refractivity contribution in [2.45, 2.75) is 12.7 Å². The fraction of sp³-hybridized carbons (Fsp3) is 0.167. The van der Waals surface area contributed by atoms with E-state index in [4.69, 9.17) is 0 Å². The SMILES string of the molecule is Cc1cc(=O)c(CS)nn1-c1ccc(F)cc1. The number of nitrogens with zero attached hydrogens (tertiary/aromatic N) is 2. The first kappa shape index (κ1) is 11.9. The summed E-state index contributed by atoms with van der Waals surface area (Å²) in [4.78, 5) is 11.5. The Morgan fingerprint density at radius 3 is 2.59 bits per heavy atom. The highest BCUT2D eigenvalue weighted by Gasteiger charge is 2.06. The highest BCUT2D eigenvalue weighted by molar-refractivity contribution is 7.79. The quantitative estimate of drug-likeness (QED) is 0.828.